The van der Waals surface area contributed by atoms with E-state index in [-0.39, 0.29) is 27.9 Å². The van der Waals surface area contributed by atoms with Crippen LogP contribution in [0.4, 0.5) is 11.4 Å². The Bertz CT molecular complexity index is 1050. The van der Waals surface area contributed by atoms with Crippen LogP contribution in [-0.2, 0) is 10.0 Å². The third-order valence-electron chi connectivity index (χ3n) is 5.05. The smallest absolute Gasteiger partial charge is 0.310 e. The van der Waals surface area contributed by atoms with E-state index >= 15 is 0 Å². The van der Waals surface area contributed by atoms with Crippen molar-refractivity contribution in [3.63, 3.8) is 0 Å². The van der Waals surface area contributed by atoms with Gasteiger partial charge in [0.05, 0.1) is 9.82 Å². The maximum absolute atomic E-state index is 13.1. The molecular formula is C19H22N4O5S. The molecule has 154 valence electrons. The van der Waals surface area contributed by atoms with Crippen molar-refractivity contribution in [3.8, 4) is 0 Å². The highest BCUT2D eigenvalue weighted by molar-refractivity contribution is 7.89. The summed E-state index contributed by atoms with van der Waals surface area (Å²) < 4.78 is 27.6. The summed E-state index contributed by atoms with van der Waals surface area (Å²) in [6, 6.07) is 5.59. The maximum Gasteiger partial charge on any atom is 0.310 e. The first-order chi connectivity index (χ1) is 13.7. The van der Waals surface area contributed by atoms with Gasteiger partial charge in [0.15, 0.2) is 0 Å². The van der Waals surface area contributed by atoms with Crippen LogP contribution in [0.15, 0.2) is 41.6 Å². The van der Waals surface area contributed by atoms with Gasteiger partial charge in [-0.25, -0.2) is 8.42 Å². The van der Waals surface area contributed by atoms with E-state index in [9.17, 15) is 23.3 Å². The number of rotatable bonds is 5. The standard InChI is InChI=1S/C19H22N4O5S/c1-13-6-7-15(29(27,28)22-10-4-3-5-14(22)2)11-16(13)19(24)21-17-8-9-20-12-18(17)23(25)26/h6-9,11-12,14H,3-5,10H2,1-2H3,(H,20,21,24). The highest BCUT2D eigenvalue weighted by atomic mass is 32.2. The summed E-state index contributed by atoms with van der Waals surface area (Å²) in [4.78, 5) is 27.0. The van der Waals surface area contributed by atoms with Gasteiger partial charge in [-0.2, -0.15) is 4.31 Å². The number of pyridine rings is 1. The first-order valence-electron chi connectivity index (χ1n) is 9.24. The average molecular weight is 418 g/mol. The summed E-state index contributed by atoms with van der Waals surface area (Å²) in [5, 5.41) is 13.6. The van der Waals surface area contributed by atoms with E-state index in [4.69, 9.17) is 0 Å². The SMILES string of the molecule is Cc1ccc(S(=O)(=O)N2CCCCC2C)cc1C(=O)Nc1ccncc1[N+](=O)[O-]. The molecule has 3 rings (SSSR count). The first kappa shape index (κ1) is 20.9. The Morgan fingerprint density at radius 1 is 1.31 bits per heavy atom. The van der Waals surface area contributed by atoms with Crippen LogP contribution < -0.4 is 5.32 Å². The van der Waals surface area contributed by atoms with Gasteiger partial charge in [0.2, 0.25) is 10.0 Å². The van der Waals surface area contributed by atoms with Crippen molar-refractivity contribution in [3.05, 3.63) is 57.9 Å². The topological polar surface area (TPSA) is 123 Å². The van der Waals surface area contributed by atoms with Crippen LogP contribution in [0.1, 0.15) is 42.1 Å². The Hall–Kier alpha value is -2.85. The lowest BCUT2D eigenvalue weighted by molar-refractivity contribution is -0.384. The van der Waals surface area contributed by atoms with Gasteiger partial charge in [-0.3, -0.25) is 19.9 Å². The molecule has 1 saturated heterocycles. The molecule has 29 heavy (non-hydrogen) atoms. The predicted octanol–water partition coefficient (Wildman–Crippen LogP) is 3.11. The second-order valence-electron chi connectivity index (χ2n) is 7.04. The van der Waals surface area contributed by atoms with Gasteiger partial charge < -0.3 is 5.32 Å². The summed E-state index contributed by atoms with van der Waals surface area (Å²) in [5.41, 5.74) is 0.350. The number of piperidine rings is 1. The minimum atomic E-state index is -3.74. The molecule has 1 aromatic heterocycles. The molecule has 2 aromatic rings. The van der Waals surface area contributed by atoms with Crippen LogP contribution in [-0.4, -0.2) is 41.1 Å². The highest BCUT2D eigenvalue weighted by Crippen LogP contribution is 2.27. The fraction of sp³-hybridized carbons (Fsp3) is 0.368. The highest BCUT2D eigenvalue weighted by Gasteiger charge is 2.31. The van der Waals surface area contributed by atoms with E-state index in [2.05, 4.69) is 10.3 Å². The minimum Gasteiger partial charge on any atom is -0.316 e. The second-order valence-corrected chi connectivity index (χ2v) is 8.93. The molecule has 1 N–H and O–H groups in total. The quantitative estimate of drug-likeness (QED) is 0.588. The van der Waals surface area contributed by atoms with Crippen LogP contribution in [0.3, 0.4) is 0 Å². The van der Waals surface area contributed by atoms with E-state index in [1.54, 1.807) is 13.0 Å². The zero-order valence-electron chi connectivity index (χ0n) is 16.2. The van der Waals surface area contributed by atoms with E-state index in [1.807, 2.05) is 6.92 Å². The number of hydrogen-bond acceptors (Lipinski definition) is 6. The van der Waals surface area contributed by atoms with Crippen LogP contribution in [0.25, 0.3) is 0 Å². The van der Waals surface area contributed by atoms with Gasteiger partial charge in [-0.05, 0) is 50.5 Å². The molecule has 1 unspecified atom stereocenters. The molecule has 1 aromatic carbocycles. The molecule has 1 amide bonds. The summed E-state index contributed by atoms with van der Waals surface area (Å²) in [7, 11) is -3.74. The van der Waals surface area contributed by atoms with Gasteiger partial charge in [0, 0.05) is 24.3 Å². The van der Waals surface area contributed by atoms with E-state index in [1.165, 1.54) is 28.7 Å². The molecule has 0 bridgehead atoms. The van der Waals surface area contributed by atoms with Crippen molar-refractivity contribution in [2.45, 2.75) is 44.0 Å². The monoisotopic (exact) mass is 418 g/mol. The number of nitro groups is 1. The Labute approximate surface area is 169 Å². The molecule has 10 heteroatoms. The Balaban J connectivity index is 1.93. The van der Waals surface area contributed by atoms with Crippen molar-refractivity contribution in [1.29, 1.82) is 0 Å². The van der Waals surface area contributed by atoms with Crippen molar-refractivity contribution in [2.24, 2.45) is 0 Å². The number of amides is 1. The number of anilines is 1. The van der Waals surface area contributed by atoms with Gasteiger partial charge in [0.1, 0.15) is 11.9 Å². The zero-order valence-corrected chi connectivity index (χ0v) is 17.0. The largest absolute Gasteiger partial charge is 0.316 e. The number of carbonyl (C=O) groups is 1. The Morgan fingerprint density at radius 2 is 2.07 bits per heavy atom. The number of sulfonamides is 1. The molecule has 1 aliphatic heterocycles. The van der Waals surface area contributed by atoms with Crippen LogP contribution in [0.5, 0.6) is 0 Å². The van der Waals surface area contributed by atoms with E-state index < -0.39 is 20.9 Å². The fourth-order valence-corrected chi connectivity index (χ4v) is 5.12. The molecule has 2 heterocycles. The lowest BCUT2D eigenvalue weighted by Gasteiger charge is -2.32. The number of nitrogens with zero attached hydrogens (tertiary/aromatic N) is 3. The summed E-state index contributed by atoms with van der Waals surface area (Å²) in [6.45, 7) is 4.00. The van der Waals surface area contributed by atoms with E-state index in [0.29, 0.717) is 12.1 Å². The molecule has 0 spiro atoms. The summed E-state index contributed by atoms with van der Waals surface area (Å²) in [5.74, 6) is -0.624. The van der Waals surface area contributed by atoms with Crippen molar-refractivity contribution >= 4 is 27.3 Å². The Morgan fingerprint density at radius 3 is 2.76 bits per heavy atom. The van der Waals surface area contributed by atoms with E-state index in [0.717, 1.165) is 25.5 Å². The molecule has 1 atom stereocenters. The lowest BCUT2D eigenvalue weighted by atomic mass is 10.1. The van der Waals surface area contributed by atoms with Crippen molar-refractivity contribution in [2.75, 3.05) is 11.9 Å². The molecule has 0 aliphatic carbocycles. The van der Waals surface area contributed by atoms with Gasteiger partial charge in [0.25, 0.3) is 5.91 Å². The van der Waals surface area contributed by atoms with Gasteiger partial charge >= 0.3 is 5.69 Å². The normalized spacial score (nSPS) is 17.7. The van der Waals surface area contributed by atoms with Crippen molar-refractivity contribution < 1.29 is 18.1 Å². The van der Waals surface area contributed by atoms with Gasteiger partial charge in [-0.15, -0.1) is 0 Å². The molecular weight excluding hydrogens is 396 g/mol. The predicted molar refractivity (Wildman–Crippen MR) is 107 cm³/mol. The van der Waals surface area contributed by atoms with Crippen molar-refractivity contribution in [1.82, 2.24) is 9.29 Å². The Kier molecular flexibility index (Phi) is 5.94. The lowest BCUT2D eigenvalue weighted by Crippen LogP contribution is -2.42. The number of aromatic nitrogens is 1. The zero-order chi connectivity index (χ0) is 21.2. The average Bonchev–Trinajstić information content (AvgIpc) is 2.68. The van der Waals surface area contributed by atoms with Crippen LogP contribution in [0, 0.1) is 17.0 Å². The molecule has 0 saturated carbocycles. The third kappa shape index (κ3) is 4.28. The fourth-order valence-electron chi connectivity index (χ4n) is 3.40. The van der Waals surface area contributed by atoms with Crippen LogP contribution >= 0.6 is 0 Å². The number of carbonyl (C=O) groups excluding carboxylic acids is 1. The maximum atomic E-state index is 13.1. The third-order valence-corrected chi connectivity index (χ3v) is 7.06. The number of nitrogens with one attached hydrogen (secondary N) is 1. The molecule has 1 aliphatic rings. The van der Waals surface area contributed by atoms with Gasteiger partial charge in [-0.1, -0.05) is 12.5 Å². The summed E-state index contributed by atoms with van der Waals surface area (Å²) in [6.07, 6.45) is 4.95. The minimum absolute atomic E-state index is 0.00712. The number of aryl methyl sites for hydroxylation is 1. The summed E-state index contributed by atoms with van der Waals surface area (Å²) >= 11 is 0. The number of benzene rings is 1. The second kappa shape index (κ2) is 8.26. The first-order valence-corrected chi connectivity index (χ1v) is 10.7. The number of hydrogen-bond donors (Lipinski definition) is 1. The van der Waals surface area contributed by atoms with Crippen LogP contribution in [0.2, 0.25) is 0 Å². The molecule has 1 fully saturated rings. The molecule has 9 nitrogen and oxygen atoms in total. The molecule has 0 radical (unpaired) electrons.